The number of hydrogen-bond acceptors (Lipinski definition) is 3. The molecule has 1 heterocycles. The first-order valence-corrected chi connectivity index (χ1v) is 4.49. The number of nitrogens with one attached hydrogen (secondary N) is 1. The van der Waals surface area contributed by atoms with Gasteiger partial charge in [0.25, 0.3) is 0 Å². The van der Waals surface area contributed by atoms with Crippen molar-refractivity contribution in [3.63, 3.8) is 0 Å². The Kier molecular flexibility index (Phi) is 3.12. The molecular weight excluding hydrogens is 186 g/mol. The van der Waals surface area contributed by atoms with Crippen LogP contribution in [-0.4, -0.2) is 17.1 Å². The van der Waals surface area contributed by atoms with Crippen molar-refractivity contribution in [2.75, 3.05) is 11.9 Å². The van der Waals surface area contributed by atoms with Gasteiger partial charge >= 0.3 is 0 Å². The molecule has 0 aromatic carbocycles. The second kappa shape index (κ2) is 3.94. The Morgan fingerprint density at radius 3 is 2.85 bits per heavy atom. The highest BCUT2D eigenvalue weighted by Crippen LogP contribution is 2.19. The first-order valence-electron chi connectivity index (χ1n) is 4.11. The highest BCUT2D eigenvalue weighted by atomic mass is 35.5. The van der Waals surface area contributed by atoms with Gasteiger partial charge in [0.2, 0.25) is 0 Å². The van der Waals surface area contributed by atoms with E-state index in [2.05, 4.69) is 10.3 Å². The Labute approximate surface area is 83.3 Å². The summed E-state index contributed by atoms with van der Waals surface area (Å²) in [4.78, 5) is 3.89. The van der Waals surface area contributed by atoms with Crippen LogP contribution in [0.3, 0.4) is 0 Å². The molecular formula is C9H14ClN3. The summed E-state index contributed by atoms with van der Waals surface area (Å²) in [6, 6.07) is 1.83. The Balaban J connectivity index is 2.60. The van der Waals surface area contributed by atoms with Crippen LogP contribution >= 0.6 is 11.6 Å². The van der Waals surface area contributed by atoms with Crippen LogP contribution in [-0.2, 0) is 0 Å². The van der Waals surface area contributed by atoms with Gasteiger partial charge in [0.05, 0.1) is 10.7 Å². The molecule has 1 rings (SSSR count). The van der Waals surface area contributed by atoms with E-state index in [9.17, 15) is 0 Å². The zero-order valence-electron chi connectivity index (χ0n) is 7.84. The molecule has 1 aromatic rings. The lowest BCUT2D eigenvalue weighted by Gasteiger charge is -2.20. The molecule has 0 amide bonds. The third-order valence-corrected chi connectivity index (χ3v) is 1.81. The lowest BCUT2D eigenvalue weighted by atomic mass is 10.1. The summed E-state index contributed by atoms with van der Waals surface area (Å²) in [6.45, 7) is 4.58. The van der Waals surface area contributed by atoms with Crippen molar-refractivity contribution < 1.29 is 0 Å². The molecule has 0 aliphatic carbocycles. The topological polar surface area (TPSA) is 50.9 Å². The standard InChI is InChI=1S/C9H14ClN3/c1-9(2,11)6-13-8-3-4-12-5-7(8)10/h3-5H,6,11H2,1-2H3,(H,12,13). The van der Waals surface area contributed by atoms with Gasteiger partial charge in [-0.05, 0) is 19.9 Å². The molecule has 0 bridgehead atoms. The third kappa shape index (κ3) is 3.61. The maximum atomic E-state index is 5.89. The summed E-state index contributed by atoms with van der Waals surface area (Å²) >= 11 is 5.89. The van der Waals surface area contributed by atoms with E-state index in [-0.39, 0.29) is 5.54 Å². The van der Waals surface area contributed by atoms with E-state index in [4.69, 9.17) is 17.3 Å². The molecule has 0 saturated heterocycles. The van der Waals surface area contributed by atoms with Gasteiger partial charge in [0, 0.05) is 24.5 Å². The monoisotopic (exact) mass is 199 g/mol. The zero-order valence-corrected chi connectivity index (χ0v) is 8.60. The largest absolute Gasteiger partial charge is 0.382 e. The average molecular weight is 200 g/mol. The number of rotatable bonds is 3. The Morgan fingerprint density at radius 1 is 1.62 bits per heavy atom. The maximum absolute atomic E-state index is 5.89. The molecule has 0 spiro atoms. The van der Waals surface area contributed by atoms with Crippen molar-refractivity contribution >= 4 is 17.3 Å². The highest BCUT2D eigenvalue weighted by Gasteiger charge is 2.10. The summed E-state index contributed by atoms with van der Waals surface area (Å²) in [5.74, 6) is 0. The number of halogens is 1. The predicted octanol–water partition coefficient (Wildman–Crippen LogP) is 1.88. The SMILES string of the molecule is CC(C)(N)CNc1ccncc1Cl. The molecule has 0 aliphatic heterocycles. The number of hydrogen-bond donors (Lipinski definition) is 2. The van der Waals surface area contributed by atoms with Gasteiger partial charge in [-0.15, -0.1) is 0 Å². The fourth-order valence-electron chi connectivity index (χ4n) is 0.842. The number of anilines is 1. The zero-order chi connectivity index (χ0) is 9.90. The van der Waals surface area contributed by atoms with Crippen LogP contribution in [0, 0.1) is 0 Å². The van der Waals surface area contributed by atoms with E-state index in [1.807, 2.05) is 19.9 Å². The number of aromatic nitrogens is 1. The molecule has 1 aromatic heterocycles. The minimum atomic E-state index is -0.243. The second-order valence-corrected chi connectivity index (χ2v) is 4.10. The molecule has 13 heavy (non-hydrogen) atoms. The smallest absolute Gasteiger partial charge is 0.0820 e. The van der Waals surface area contributed by atoms with E-state index >= 15 is 0 Å². The summed E-state index contributed by atoms with van der Waals surface area (Å²) in [7, 11) is 0. The normalized spacial score (nSPS) is 11.4. The van der Waals surface area contributed by atoms with Crippen LogP contribution < -0.4 is 11.1 Å². The van der Waals surface area contributed by atoms with Gasteiger partial charge < -0.3 is 11.1 Å². The van der Waals surface area contributed by atoms with Gasteiger partial charge in [-0.3, -0.25) is 4.98 Å². The van der Waals surface area contributed by atoms with Gasteiger partial charge in [-0.25, -0.2) is 0 Å². The minimum absolute atomic E-state index is 0.243. The van der Waals surface area contributed by atoms with Crippen LogP contribution in [0.15, 0.2) is 18.5 Å². The molecule has 4 heteroatoms. The Bertz CT molecular complexity index is 280. The molecule has 0 fully saturated rings. The lowest BCUT2D eigenvalue weighted by Crippen LogP contribution is -2.39. The van der Waals surface area contributed by atoms with Crippen LogP contribution in [0.5, 0.6) is 0 Å². The number of nitrogens with two attached hydrogens (primary N) is 1. The van der Waals surface area contributed by atoms with Gasteiger partial charge in [-0.1, -0.05) is 11.6 Å². The predicted molar refractivity (Wildman–Crippen MR) is 56.0 cm³/mol. The van der Waals surface area contributed by atoms with Crippen molar-refractivity contribution in [3.8, 4) is 0 Å². The van der Waals surface area contributed by atoms with E-state index in [0.29, 0.717) is 11.6 Å². The van der Waals surface area contributed by atoms with E-state index in [0.717, 1.165) is 5.69 Å². The quantitative estimate of drug-likeness (QED) is 0.782. The summed E-state index contributed by atoms with van der Waals surface area (Å²) < 4.78 is 0. The van der Waals surface area contributed by atoms with Crippen molar-refractivity contribution in [2.24, 2.45) is 5.73 Å². The molecule has 0 radical (unpaired) electrons. The van der Waals surface area contributed by atoms with Crippen molar-refractivity contribution in [3.05, 3.63) is 23.5 Å². The van der Waals surface area contributed by atoms with Crippen LogP contribution in [0.1, 0.15) is 13.8 Å². The minimum Gasteiger partial charge on any atom is -0.382 e. The summed E-state index contributed by atoms with van der Waals surface area (Å²) in [5.41, 5.74) is 6.44. The third-order valence-electron chi connectivity index (χ3n) is 1.51. The van der Waals surface area contributed by atoms with E-state index in [1.54, 1.807) is 12.4 Å². The molecule has 0 aliphatic rings. The lowest BCUT2D eigenvalue weighted by molar-refractivity contribution is 0.549. The maximum Gasteiger partial charge on any atom is 0.0820 e. The fourth-order valence-corrected chi connectivity index (χ4v) is 1.03. The van der Waals surface area contributed by atoms with Crippen LogP contribution in [0.4, 0.5) is 5.69 Å². The molecule has 3 N–H and O–H groups in total. The van der Waals surface area contributed by atoms with Crippen molar-refractivity contribution in [1.82, 2.24) is 4.98 Å². The Morgan fingerprint density at radius 2 is 2.31 bits per heavy atom. The first-order chi connectivity index (χ1) is 5.99. The first kappa shape index (κ1) is 10.3. The summed E-state index contributed by atoms with van der Waals surface area (Å²) in [6.07, 6.45) is 3.30. The van der Waals surface area contributed by atoms with Crippen molar-refractivity contribution in [1.29, 1.82) is 0 Å². The molecule has 0 atom stereocenters. The van der Waals surface area contributed by atoms with E-state index in [1.165, 1.54) is 0 Å². The van der Waals surface area contributed by atoms with Gasteiger partial charge in [0.1, 0.15) is 0 Å². The van der Waals surface area contributed by atoms with Crippen LogP contribution in [0.25, 0.3) is 0 Å². The van der Waals surface area contributed by atoms with Gasteiger partial charge in [0.15, 0.2) is 0 Å². The number of pyridine rings is 1. The van der Waals surface area contributed by atoms with E-state index < -0.39 is 0 Å². The average Bonchev–Trinajstić information content (AvgIpc) is 2.01. The second-order valence-electron chi connectivity index (χ2n) is 3.70. The number of nitrogens with zero attached hydrogens (tertiary/aromatic N) is 1. The molecule has 72 valence electrons. The van der Waals surface area contributed by atoms with Crippen LogP contribution in [0.2, 0.25) is 5.02 Å². The molecule has 0 saturated carbocycles. The molecule has 0 unspecified atom stereocenters. The highest BCUT2D eigenvalue weighted by molar-refractivity contribution is 6.33. The molecule has 3 nitrogen and oxygen atoms in total. The summed E-state index contributed by atoms with van der Waals surface area (Å²) in [5, 5.41) is 3.77. The fraction of sp³-hybridized carbons (Fsp3) is 0.444. The van der Waals surface area contributed by atoms with Crippen molar-refractivity contribution in [2.45, 2.75) is 19.4 Å². The van der Waals surface area contributed by atoms with Gasteiger partial charge in [-0.2, -0.15) is 0 Å². The Hall–Kier alpha value is -0.800.